The Bertz CT molecular complexity index is 514. The highest BCUT2D eigenvalue weighted by molar-refractivity contribution is 6.01. The van der Waals surface area contributed by atoms with Gasteiger partial charge >= 0.3 is 0 Å². The zero-order chi connectivity index (χ0) is 11.5. The van der Waals surface area contributed by atoms with Gasteiger partial charge in [0.1, 0.15) is 0 Å². The van der Waals surface area contributed by atoms with E-state index in [2.05, 4.69) is 22.4 Å². The monoisotopic (exact) mass is 216 g/mol. The molecule has 0 unspecified atom stereocenters. The van der Waals surface area contributed by atoms with Crippen LogP contribution in [0.1, 0.15) is 25.3 Å². The van der Waals surface area contributed by atoms with E-state index in [1.165, 1.54) is 5.56 Å². The minimum Gasteiger partial charge on any atom is -0.359 e. The first kappa shape index (κ1) is 10.7. The number of amides is 1. The van der Waals surface area contributed by atoms with Gasteiger partial charge in [-0.3, -0.25) is 4.79 Å². The lowest BCUT2D eigenvalue weighted by Crippen LogP contribution is -2.09. The second-order valence-corrected chi connectivity index (χ2v) is 4.05. The van der Waals surface area contributed by atoms with E-state index in [9.17, 15) is 4.79 Å². The number of nitrogens with one attached hydrogen (secondary N) is 2. The van der Waals surface area contributed by atoms with Crippen molar-refractivity contribution < 1.29 is 4.79 Å². The smallest absolute Gasteiger partial charge is 0.224 e. The molecule has 0 saturated carbocycles. The van der Waals surface area contributed by atoms with E-state index in [0.717, 1.165) is 23.0 Å². The van der Waals surface area contributed by atoms with Gasteiger partial charge in [0.15, 0.2) is 0 Å². The van der Waals surface area contributed by atoms with E-state index in [1.54, 1.807) is 0 Å². The minimum atomic E-state index is 0.0740. The zero-order valence-electron chi connectivity index (χ0n) is 9.63. The van der Waals surface area contributed by atoms with Crippen LogP contribution in [-0.4, -0.2) is 10.9 Å². The van der Waals surface area contributed by atoms with Crippen LogP contribution in [0.3, 0.4) is 0 Å². The Hall–Kier alpha value is -1.77. The number of carbonyl (C=O) groups is 1. The lowest BCUT2D eigenvalue weighted by atomic mass is 10.1. The van der Waals surface area contributed by atoms with Gasteiger partial charge in [-0.2, -0.15) is 0 Å². The van der Waals surface area contributed by atoms with Gasteiger partial charge < -0.3 is 10.3 Å². The minimum absolute atomic E-state index is 0.0740. The number of aromatic amines is 1. The number of benzene rings is 1. The van der Waals surface area contributed by atoms with Crippen LogP contribution in [0, 0.1) is 6.92 Å². The summed E-state index contributed by atoms with van der Waals surface area (Å²) in [4.78, 5) is 14.7. The molecule has 0 saturated heterocycles. The summed E-state index contributed by atoms with van der Waals surface area (Å²) in [6.45, 7) is 4.04. The van der Waals surface area contributed by atoms with Crippen molar-refractivity contribution >= 4 is 22.5 Å². The first-order valence-electron chi connectivity index (χ1n) is 5.58. The van der Waals surface area contributed by atoms with E-state index >= 15 is 0 Å². The molecule has 1 aromatic heterocycles. The third-order valence-corrected chi connectivity index (χ3v) is 2.59. The Balaban J connectivity index is 2.30. The van der Waals surface area contributed by atoms with Crippen LogP contribution in [0.5, 0.6) is 0 Å². The maximum absolute atomic E-state index is 11.5. The van der Waals surface area contributed by atoms with Gasteiger partial charge in [-0.15, -0.1) is 0 Å². The van der Waals surface area contributed by atoms with Crippen LogP contribution in [0.25, 0.3) is 10.9 Å². The van der Waals surface area contributed by atoms with E-state index in [1.807, 2.05) is 26.1 Å². The number of aryl methyl sites for hydroxylation is 1. The number of H-pyrrole nitrogens is 1. The second-order valence-electron chi connectivity index (χ2n) is 4.05. The van der Waals surface area contributed by atoms with Gasteiger partial charge in [0.05, 0.1) is 5.69 Å². The average molecular weight is 216 g/mol. The molecule has 2 aromatic rings. The van der Waals surface area contributed by atoms with Crippen molar-refractivity contribution in [3.8, 4) is 0 Å². The van der Waals surface area contributed by atoms with Gasteiger partial charge in [-0.25, -0.2) is 0 Å². The normalized spacial score (nSPS) is 10.6. The molecule has 1 amide bonds. The fourth-order valence-electron chi connectivity index (χ4n) is 1.78. The quantitative estimate of drug-likeness (QED) is 0.813. The SMILES string of the molecule is CCCC(=O)Nc1c[nH]c2ccc(C)cc12. The molecule has 0 aliphatic heterocycles. The lowest BCUT2D eigenvalue weighted by molar-refractivity contribution is -0.116. The summed E-state index contributed by atoms with van der Waals surface area (Å²) >= 11 is 0. The molecule has 0 aliphatic rings. The third-order valence-electron chi connectivity index (χ3n) is 2.59. The molecule has 3 nitrogen and oxygen atoms in total. The van der Waals surface area contributed by atoms with Gasteiger partial charge in [-0.05, 0) is 25.5 Å². The Morgan fingerprint density at radius 3 is 3.00 bits per heavy atom. The molecule has 16 heavy (non-hydrogen) atoms. The fourth-order valence-corrected chi connectivity index (χ4v) is 1.78. The van der Waals surface area contributed by atoms with E-state index < -0.39 is 0 Å². The number of fused-ring (bicyclic) bond motifs is 1. The molecule has 0 fully saturated rings. The first-order chi connectivity index (χ1) is 7.70. The largest absolute Gasteiger partial charge is 0.359 e. The van der Waals surface area contributed by atoms with Crippen LogP contribution in [0.4, 0.5) is 5.69 Å². The van der Waals surface area contributed by atoms with Gasteiger partial charge in [0, 0.05) is 23.5 Å². The molecule has 0 aliphatic carbocycles. The molecule has 84 valence electrons. The van der Waals surface area contributed by atoms with Crippen LogP contribution in [0.15, 0.2) is 24.4 Å². The molecule has 0 bridgehead atoms. The van der Waals surface area contributed by atoms with Crippen LogP contribution in [0.2, 0.25) is 0 Å². The number of aromatic nitrogens is 1. The summed E-state index contributed by atoms with van der Waals surface area (Å²) in [5.41, 5.74) is 3.12. The van der Waals surface area contributed by atoms with Crippen LogP contribution >= 0.6 is 0 Å². The van der Waals surface area contributed by atoms with E-state index in [4.69, 9.17) is 0 Å². The summed E-state index contributed by atoms with van der Waals surface area (Å²) < 4.78 is 0. The van der Waals surface area contributed by atoms with Crippen molar-refractivity contribution in [1.29, 1.82) is 0 Å². The molecule has 2 N–H and O–H groups in total. The van der Waals surface area contributed by atoms with Crippen LogP contribution < -0.4 is 5.32 Å². The Labute approximate surface area is 94.9 Å². The lowest BCUT2D eigenvalue weighted by Gasteiger charge is -2.02. The standard InChI is InChI=1S/C13H16N2O/c1-3-4-13(16)15-12-8-14-11-6-5-9(2)7-10(11)12/h5-8,14H,3-4H2,1-2H3,(H,15,16). The highest BCUT2D eigenvalue weighted by atomic mass is 16.1. The first-order valence-corrected chi connectivity index (χ1v) is 5.58. The van der Waals surface area contributed by atoms with Crippen molar-refractivity contribution in [1.82, 2.24) is 4.98 Å². The molecule has 0 radical (unpaired) electrons. The highest BCUT2D eigenvalue weighted by Gasteiger charge is 2.06. The van der Waals surface area contributed by atoms with Crippen molar-refractivity contribution in [2.24, 2.45) is 0 Å². The molecular formula is C13H16N2O. The highest BCUT2D eigenvalue weighted by Crippen LogP contribution is 2.24. The topological polar surface area (TPSA) is 44.9 Å². The summed E-state index contributed by atoms with van der Waals surface area (Å²) in [6.07, 6.45) is 3.28. The van der Waals surface area contributed by atoms with Crippen molar-refractivity contribution in [3.05, 3.63) is 30.0 Å². The van der Waals surface area contributed by atoms with Gasteiger partial charge in [0.2, 0.25) is 5.91 Å². The van der Waals surface area contributed by atoms with Crippen molar-refractivity contribution in [2.45, 2.75) is 26.7 Å². The fraction of sp³-hybridized carbons (Fsp3) is 0.308. The molecule has 2 rings (SSSR count). The van der Waals surface area contributed by atoms with Gasteiger partial charge in [0.25, 0.3) is 0 Å². The molecular weight excluding hydrogens is 200 g/mol. The summed E-state index contributed by atoms with van der Waals surface area (Å²) in [5, 5.41) is 4.00. The summed E-state index contributed by atoms with van der Waals surface area (Å²) in [7, 11) is 0. The van der Waals surface area contributed by atoms with E-state index in [0.29, 0.717) is 6.42 Å². The molecule has 3 heteroatoms. The number of hydrogen-bond acceptors (Lipinski definition) is 1. The predicted octanol–water partition coefficient (Wildman–Crippen LogP) is 3.21. The number of anilines is 1. The number of rotatable bonds is 3. The third kappa shape index (κ3) is 2.08. The van der Waals surface area contributed by atoms with E-state index in [-0.39, 0.29) is 5.91 Å². The average Bonchev–Trinajstić information content (AvgIpc) is 2.61. The Morgan fingerprint density at radius 2 is 2.25 bits per heavy atom. The van der Waals surface area contributed by atoms with Crippen molar-refractivity contribution in [2.75, 3.05) is 5.32 Å². The van der Waals surface area contributed by atoms with Crippen LogP contribution in [-0.2, 0) is 4.79 Å². The Morgan fingerprint density at radius 1 is 1.44 bits per heavy atom. The Kier molecular flexibility index (Phi) is 2.95. The maximum atomic E-state index is 11.5. The summed E-state index contributed by atoms with van der Waals surface area (Å²) in [6, 6.07) is 6.16. The maximum Gasteiger partial charge on any atom is 0.224 e. The predicted molar refractivity (Wildman–Crippen MR) is 66.6 cm³/mol. The van der Waals surface area contributed by atoms with Gasteiger partial charge in [-0.1, -0.05) is 18.6 Å². The van der Waals surface area contributed by atoms with Crippen molar-refractivity contribution in [3.63, 3.8) is 0 Å². The number of carbonyl (C=O) groups excluding carboxylic acids is 1. The molecule has 0 atom stereocenters. The molecule has 0 spiro atoms. The molecule has 1 heterocycles. The molecule has 1 aromatic carbocycles. The zero-order valence-corrected chi connectivity index (χ0v) is 9.63. The second kappa shape index (κ2) is 4.39. The summed E-state index contributed by atoms with van der Waals surface area (Å²) in [5.74, 6) is 0.0740. The number of hydrogen-bond donors (Lipinski definition) is 2.